The molecule has 3 rings (SSSR count). The smallest absolute Gasteiger partial charge is 0.249 e. The van der Waals surface area contributed by atoms with Crippen LogP contribution in [-0.4, -0.2) is 20.7 Å². The highest BCUT2D eigenvalue weighted by Gasteiger charge is 2.15. The number of hydrogen-bond acceptors (Lipinski definition) is 5. The minimum atomic E-state index is -0.0977. The first-order valence-corrected chi connectivity index (χ1v) is 11.0. The van der Waals surface area contributed by atoms with Gasteiger partial charge in [0.25, 0.3) is 0 Å². The molecule has 0 aliphatic heterocycles. The molecule has 3 aromatic rings. The standard InChI is InChI=1S/C25H33N5O/c1-6-23(31)30-25(27-16-20-9-13-22(14-10-20)18(4)5)28-24(29-30)26-15-19-7-11-21(12-8-19)17(2)3/h7-14,17-18H,6,15-16H2,1-5H3,(H2,26,27,28,29). The number of aromatic nitrogens is 3. The van der Waals surface area contributed by atoms with Crippen LogP contribution in [0.25, 0.3) is 0 Å². The lowest BCUT2D eigenvalue weighted by atomic mass is 10.0. The Morgan fingerprint density at radius 1 is 0.839 bits per heavy atom. The van der Waals surface area contributed by atoms with E-state index < -0.39 is 0 Å². The topological polar surface area (TPSA) is 71.8 Å². The molecule has 0 saturated carbocycles. The fourth-order valence-electron chi connectivity index (χ4n) is 3.23. The van der Waals surface area contributed by atoms with Crippen LogP contribution in [0.3, 0.4) is 0 Å². The molecule has 2 N–H and O–H groups in total. The molecule has 0 aliphatic rings. The Hall–Kier alpha value is -3.15. The molecule has 0 saturated heterocycles. The third-order valence-corrected chi connectivity index (χ3v) is 5.34. The molecule has 1 heterocycles. The monoisotopic (exact) mass is 419 g/mol. The van der Waals surface area contributed by atoms with Crippen molar-refractivity contribution in [1.82, 2.24) is 14.8 Å². The Labute approximate surface area is 185 Å². The molecule has 0 aliphatic carbocycles. The van der Waals surface area contributed by atoms with Crippen LogP contribution in [0.4, 0.5) is 11.9 Å². The van der Waals surface area contributed by atoms with E-state index in [1.165, 1.54) is 15.8 Å². The van der Waals surface area contributed by atoms with E-state index in [0.29, 0.717) is 43.2 Å². The minimum Gasteiger partial charge on any atom is -0.350 e. The van der Waals surface area contributed by atoms with Crippen molar-refractivity contribution < 1.29 is 4.79 Å². The maximum Gasteiger partial charge on any atom is 0.249 e. The molecule has 0 atom stereocenters. The Balaban J connectivity index is 1.67. The van der Waals surface area contributed by atoms with Crippen molar-refractivity contribution in [1.29, 1.82) is 0 Å². The molecule has 0 fully saturated rings. The lowest BCUT2D eigenvalue weighted by Crippen LogP contribution is -2.15. The van der Waals surface area contributed by atoms with Crippen LogP contribution in [-0.2, 0) is 13.1 Å². The number of carbonyl (C=O) groups excluding carboxylic acids is 1. The molecule has 2 aromatic carbocycles. The normalized spacial score (nSPS) is 11.2. The van der Waals surface area contributed by atoms with Gasteiger partial charge in [0.05, 0.1) is 0 Å². The highest BCUT2D eigenvalue weighted by Crippen LogP contribution is 2.18. The first kappa shape index (κ1) is 22.5. The summed E-state index contributed by atoms with van der Waals surface area (Å²) in [7, 11) is 0. The van der Waals surface area contributed by atoms with Gasteiger partial charge in [0.15, 0.2) is 0 Å². The Bertz CT molecular complexity index is 988. The maximum absolute atomic E-state index is 12.3. The quantitative estimate of drug-likeness (QED) is 0.459. The van der Waals surface area contributed by atoms with Crippen molar-refractivity contribution in [2.75, 3.05) is 10.6 Å². The van der Waals surface area contributed by atoms with Gasteiger partial charge in [-0.3, -0.25) is 4.79 Å². The lowest BCUT2D eigenvalue weighted by molar-refractivity contribution is 0.0895. The number of carbonyl (C=O) groups is 1. The van der Waals surface area contributed by atoms with E-state index in [9.17, 15) is 4.79 Å². The van der Waals surface area contributed by atoms with Gasteiger partial charge in [-0.15, -0.1) is 5.10 Å². The minimum absolute atomic E-state index is 0.0977. The van der Waals surface area contributed by atoms with Gasteiger partial charge in [-0.25, -0.2) is 0 Å². The van der Waals surface area contributed by atoms with Gasteiger partial charge < -0.3 is 10.6 Å². The number of benzene rings is 2. The first-order valence-electron chi connectivity index (χ1n) is 11.0. The van der Waals surface area contributed by atoms with Gasteiger partial charge in [0.1, 0.15) is 0 Å². The summed E-state index contributed by atoms with van der Waals surface area (Å²) < 4.78 is 1.35. The second kappa shape index (κ2) is 10.2. The molecule has 0 bridgehead atoms. The van der Waals surface area contributed by atoms with Crippen molar-refractivity contribution >= 4 is 17.8 Å². The molecule has 0 amide bonds. The zero-order valence-electron chi connectivity index (χ0n) is 19.1. The number of hydrogen-bond donors (Lipinski definition) is 2. The van der Waals surface area contributed by atoms with E-state index >= 15 is 0 Å². The SMILES string of the molecule is CCC(=O)n1nc(NCc2ccc(C(C)C)cc2)nc1NCc1ccc(C(C)C)cc1. The fraction of sp³-hybridized carbons (Fsp3) is 0.400. The third kappa shape index (κ3) is 5.94. The fourth-order valence-corrected chi connectivity index (χ4v) is 3.23. The summed E-state index contributed by atoms with van der Waals surface area (Å²) in [6, 6.07) is 17.0. The summed E-state index contributed by atoms with van der Waals surface area (Å²) >= 11 is 0. The van der Waals surface area contributed by atoms with Gasteiger partial charge in [-0.2, -0.15) is 9.67 Å². The number of nitrogens with one attached hydrogen (secondary N) is 2. The van der Waals surface area contributed by atoms with Crippen LogP contribution in [0.1, 0.15) is 79.9 Å². The first-order chi connectivity index (χ1) is 14.9. The van der Waals surface area contributed by atoms with Gasteiger partial charge in [-0.05, 0) is 34.1 Å². The summed E-state index contributed by atoms with van der Waals surface area (Å²) in [5.74, 6) is 1.81. The zero-order chi connectivity index (χ0) is 22.4. The van der Waals surface area contributed by atoms with E-state index in [4.69, 9.17) is 0 Å². The summed E-state index contributed by atoms with van der Waals surface area (Å²) in [6.07, 6.45) is 0.358. The van der Waals surface area contributed by atoms with Crippen molar-refractivity contribution in [3.8, 4) is 0 Å². The van der Waals surface area contributed by atoms with Crippen LogP contribution in [0, 0.1) is 0 Å². The Morgan fingerprint density at radius 2 is 1.32 bits per heavy atom. The van der Waals surface area contributed by atoms with Gasteiger partial charge in [0, 0.05) is 19.5 Å². The van der Waals surface area contributed by atoms with Crippen LogP contribution < -0.4 is 10.6 Å². The van der Waals surface area contributed by atoms with Crippen LogP contribution >= 0.6 is 0 Å². The van der Waals surface area contributed by atoms with Crippen molar-refractivity contribution in [3.05, 3.63) is 70.8 Å². The van der Waals surface area contributed by atoms with E-state index in [-0.39, 0.29) is 5.91 Å². The van der Waals surface area contributed by atoms with Gasteiger partial charge >= 0.3 is 0 Å². The lowest BCUT2D eigenvalue weighted by Gasteiger charge is -2.08. The molecule has 0 unspecified atom stereocenters. The molecular weight excluding hydrogens is 386 g/mol. The molecule has 1 aromatic heterocycles. The van der Waals surface area contributed by atoms with Crippen molar-refractivity contribution in [3.63, 3.8) is 0 Å². The summed E-state index contributed by atoms with van der Waals surface area (Å²) in [6.45, 7) is 11.7. The summed E-state index contributed by atoms with van der Waals surface area (Å²) in [5.41, 5.74) is 4.89. The Kier molecular flexibility index (Phi) is 7.45. The second-order valence-corrected chi connectivity index (χ2v) is 8.42. The summed E-state index contributed by atoms with van der Waals surface area (Å²) in [4.78, 5) is 16.9. The average molecular weight is 420 g/mol. The van der Waals surface area contributed by atoms with E-state index in [0.717, 1.165) is 11.1 Å². The van der Waals surface area contributed by atoms with Crippen molar-refractivity contribution in [2.24, 2.45) is 0 Å². The average Bonchev–Trinajstić information content (AvgIpc) is 3.19. The number of nitrogens with zero attached hydrogens (tertiary/aromatic N) is 3. The molecule has 0 spiro atoms. The molecule has 6 heteroatoms. The second-order valence-electron chi connectivity index (χ2n) is 8.42. The van der Waals surface area contributed by atoms with Crippen molar-refractivity contribution in [2.45, 2.75) is 66.0 Å². The van der Waals surface area contributed by atoms with Gasteiger partial charge in [-0.1, -0.05) is 83.1 Å². The third-order valence-electron chi connectivity index (χ3n) is 5.34. The number of rotatable bonds is 9. The predicted molar refractivity (Wildman–Crippen MR) is 127 cm³/mol. The molecule has 31 heavy (non-hydrogen) atoms. The highest BCUT2D eigenvalue weighted by atomic mass is 16.2. The van der Waals surface area contributed by atoms with Gasteiger partial charge in [0.2, 0.25) is 17.8 Å². The van der Waals surface area contributed by atoms with E-state index in [1.54, 1.807) is 0 Å². The predicted octanol–water partition coefficient (Wildman–Crippen LogP) is 5.80. The largest absolute Gasteiger partial charge is 0.350 e. The number of anilines is 2. The Morgan fingerprint density at radius 3 is 1.77 bits per heavy atom. The van der Waals surface area contributed by atoms with Crippen LogP contribution in [0.2, 0.25) is 0 Å². The van der Waals surface area contributed by atoms with E-state index in [1.807, 2.05) is 6.92 Å². The highest BCUT2D eigenvalue weighted by molar-refractivity contribution is 5.80. The van der Waals surface area contributed by atoms with Crippen LogP contribution in [0.5, 0.6) is 0 Å². The maximum atomic E-state index is 12.3. The van der Waals surface area contributed by atoms with E-state index in [2.05, 4.69) is 96.9 Å². The van der Waals surface area contributed by atoms with Crippen LogP contribution in [0.15, 0.2) is 48.5 Å². The zero-order valence-corrected chi connectivity index (χ0v) is 19.1. The molecule has 0 radical (unpaired) electrons. The summed E-state index contributed by atoms with van der Waals surface area (Å²) in [5, 5.41) is 10.9. The molecular formula is C25H33N5O. The molecule has 164 valence electrons. The molecule has 6 nitrogen and oxygen atoms in total.